The zero-order chi connectivity index (χ0) is 79.7. The van der Waals surface area contributed by atoms with Crippen LogP contribution >= 0.6 is 0 Å². The number of aliphatic hydroxyl groups is 8. The maximum atomic E-state index is 10.8. The molecule has 108 heavy (non-hydrogen) atoms. The van der Waals surface area contributed by atoms with E-state index in [1.54, 1.807) is 20.1 Å². The number of carbonyl (C=O) groups excluding carboxylic acids is 6. The van der Waals surface area contributed by atoms with E-state index in [0.717, 1.165) is 137 Å². The summed E-state index contributed by atoms with van der Waals surface area (Å²) in [6.07, 6.45) is 38.0. The third kappa shape index (κ3) is 29.5. The number of carbonyl (C=O) groups is 1. The van der Waals surface area contributed by atoms with Crippen molar-refractivity contribution >= 4 is 24.4 Å². The Morgan fingerprint density at radius 2 is 1.08 bits per heavy atom. The summed E-state index contributed by atoms with van der Waals surface area (Å²) in [7, 11) is 1.74. The summed E-state index contributed by atoms with van der Waals surface area (Å²) in [6, 6.07) is 12.4. The van der Waals surface area contributed by atoms with Gasteiger partial charge in [0.2, 0.25) is 0 Å². The molecule has 2 aromatic carbocycles. The fourth-order valence-electron chi connectivity index (χ4n) is 16.7. The second-order valence-electron chi connectivity index (χ2n) is 30.2. The molecule has 9 N–H and O–H groups in total. The van der Waals surface area contributed by atoms with E-state index in [1.165, 1.54) is 36.8 Å². The molecule has 2 unspecified atom stereocenters. The van der Waals surface area contributed by atoms with Crippen molar-refractivity contribution in [2.45, 2.75) is 302 Å². The molecule has 10 rings (SSSR count). The molecule has 2 saturated heterocycles. The number of allylic oxidation sites excluding steroid dienone is 4. The summed E-state index contributed by atoms with van der Waals surface area (Å²) in [4.78, 5) is 59.6. The molecule has 598 valence electrons. The number of hydrogen-bond acceptors (Lipinski definition) is 19. The maximum absolute atomic E-state index is 10.8. The SMILES string of the molecule is CC#CCC(C)[C@H](O)/C=C/[C@@H]1[C@H]2C/C(=C/CCC)O[C@H]2C[C@H]1O.CC#CCC(C)[C@H](O)/C=C/[C@@H]1[C@H]2c3cccc(CCCC(=O)O)c3O[C@H]2C[C@H]1O.CCC/C=C1/C[C@@H]2[C@@H](/C=C/[C@@H](O)CCCCC)[C@H](O)C[C@@H]2O1.CCCCC[C@H](O)CC[C@@H]1[C@H]2Cc3cccc(OC)c3C[C@H]2C[C@H]1O.O=C=O.O=C=O.O=C=O. The van der Waals surface area contributed by atoms with Crippen LogP contribution in [-0.4, -0.2) is 145 Å². The fourth-order valence-corrected chi connectivity index (χ4v) is 16.7. The summed E-state index contributed by atoms with van der Waals surface area (Å²) >= 11 is 0. The third-order valence-corrected chi connectivity index (χ3v) is 22.5. The number of carboxylic acids is 1. The highest BCUT2D eigenvalue weighted by atomic mass is 16.5. The lowest BCUT2D eigenvalue weighted by Crippen LogP contribution is -2.28. The molecule has 0 amide bonds. The molecule has 20 heteroatoms. The summed E-state index contributed by atoms with van der Waals surface area (Å²) in [6.45, 7) is 16.3. The number of fused-ring (bicyclic) bond motifs is 7. The number of unbranched alkanes of at least 4 members (excludes halogenated alkanes) is 6. The Labute approximate surface area is 641 Å². The van der Waals surface area contributed by atoms with Crippen LogP contribution in [0.5, 0.6) is 11.5 Å². The predicted octanol–water partition coefficient (Wildman–Crippen LogP) is 13.0. The highest BCUT2D eigenvalue weighted by Crippen LogP contribution is 2.53. The average molecular weight is 1500 g/mol. The average Bonchev–Trinajstić information content (AvgIpc) is 1.58. The Balaban J connectivity index is 0.000000294. The standard InChI is InChI=1S/C24H30O5.C22H34O3.C20H30O3.C19H32O3.3CO2/c1-3-4-7-15(2)19(25)13-12-17-20(26)14-21-23(17)18-10-5-8-16(24(18)29-21)9-6-11-22(27)28;1-3-4-5-8-17(23)10-11-18-19-12-15-7-6-9-22(25-2)20(15)13-16(19)14-21(18)24;1-4-6-8-14(3)18(21)11-10-16-17-12-15(9-7-5-2)23-20(17)13-19(16)22;1-3-5-7-8-14(20)10-11-16-17-12-15(9-6-4-2)22-19(17)13-18(16)21;3*2-1-3/h5,8,10,12-13,15,17,19-21,23,25-26H,6-7,9,11,14H2,1-2H3,(H,27,28);6-7,9,16-19,21,23-24H,3-5,8,10-14H2,1-2H3;9-11,14,16-22H,5,7-8,12-13H2,1-3H3;9-11,14,16-21H,3-8,12-13H2,1-2H3;;;/b13-12+;;2*11-10+,15-9-;;;/t15?,17-,19+,20+,21-,23-;16-,17-,18+,19-,21+;14?,16-,17-,18-,19-,20+;14-,16+,17+,18+,19-;;;/m0010.../s1. The highest BCUT2D eigenvalue weighted by molar-refractivity contribution is 5.66. The van der Waals surface area contributed by atoms with E-state index in [9.17, 15) is 45.6 Å². The molecule has 5 aliphatic carbocycles. The number of para-hydroxylation sites is 1. The Morgan fingerprint density at radius 1 is 0.574 bits per heavy atom. The zero-order valence-electron chi connectivity index (χ0n) is 65.4. The van der Waals surface area contributed by atoms with Gasteiger partial charge in [0.05, 0.1) is 67.5 Å². The lowest BCUT2D eigenvalue weighted by atomic mass is 9.73. The van der Waals surface area contributed by atoms with Crippen LogP contribution < -0.4 is 9.47 Å². The van der Waals surface area contributed by atoms with Crippen LogP contribution in [0, 0.1) is 82.9 Å². The number of aliphatic carboxylic acids is 1. The van der Waals surface area contributed by atoms with E-state index in [4.69, 9.17) is 52.8 Å². The number of ether oxygens (including phenoxy) is 4. The van der Waals surface area contributed by atoms with Gasteiger partial charge in [0.15, 0.2) is 0 Å². The number of benzene rings is 2. The topological polar surface area (TPSA) is 338 Å². The van der Waals surface area contributed by atoms with Crippen molar-refractivity contribution in [2.24, 2.45) is 59.2 Å². The first-order valence-corrected chi connectivity index (χ1v) is 39.6. The van der Waals surface area contributed by atoms with Crippen molar-refractivity contribution in [1.82, 2.24) is 0 Å². The summed E-state index contributed by atoms with van der Waals surface area (Å²) in [5, 5.41) is 91.5. The van der Waals surface area contributed by atoms with Crippen molar-refractivity contribution in [3.63, 3.8) is 0 Å². The lowest BCUT2D eigenvalue weighted by Gasteiger charge is -2.32. The molecule has 3 heterocycles. The van der Waals surface area contributed by atoms with Gasteiger partial charge in [-0.15, -0.1) is 23.7 Å². The Morgan fingerprint density at radius 3 is 1.60 bits per heavy atom. The van der Waals surface area contributed by atoms with Crippen LogP contribution in [0.25, 0.3) is 0 Å². The van der Waals surface area contributed by atoms with E-state index < -0.39 is 24.3 Å². The van der Waals surface area contributed by atoms with Gasteiger partial charge in [0.1, 0.15) is 29.8 Å². The lowest BCUT2D eigenvalue weighted by molar-refractivity contribution is -0.193. The van der Waals surface area contributed by atoms with Gasteiger partial charge < -0.3 is 64.9 Å². The van der Waals surface area contributed by atoms with Gasteiger partial charge in [0.25, 0.3) is 0 Å². The van der Waals surface area contributed by atoms with Crippen molar-refractivity contribution < 1.29 is 98.5 Å². The fraction of sp³-hybridized carbons (Fsp3) is 0.659. The molecule has 2 aromatic rings. The van der Waals surface area contributed by atoms with Gasteiger partial charge in [-0.3, -0.25) is 4.79 Å². The number of aliphatic hydroxyl groups excluding tert-OH is 8. The van der Waals surface area contributed by atoms with E-state index in [2.05, 4.69) is 81.7 Å². The van der Waals surface area contributed by atoms with Gasteiger partial charge in [-0.05, 0) is 149 Å². The minimum atomic E-state index is -0.790. The molecule has 0 bridgehead atoms. The van der Waals surface area contributed by atoms with Crippen LogP contribution in [-0.2, 0) is 62.3 Å². The van der Waals surface area contributed by atoms with Gasteiger partial charge in [-0.2, -0.15) is 28.8 Å². The summed E-state index contributed by atoms with van der Waals surface area (Å²) in [5.41, 5.74) is 4.84. The van der Waals surface area contributed by atoms with Crippen LogP contribution in [0.3, 0.4) is 0 Å². The van der Waals surface area contributed by atoms with E-state index in [0.29, 0.717) is 68.1 Å². The second-order valence-corrected chi connectivity index (χ2v) is 30.2. The Kier molecular flexibility index (Phi) is 44.2. The zero-order valence-corrected chi connectivity index (χ0v) is 65.4. The quantitative estimate of drug-likeness (QED) is 0.0199. The van der Waals surface area contributed by atoms with Crippen LogP contribution in [0.15, 0.2) is 96.5 Å². The Bertz CT molecular complexity index is 3340. The highest BCUT2D eigenvalue weighted by Gasteiger charge is 2.51. The molecule has 0 aromatic heterocycles. The van der Waals surface area contributed by atoms with E-state index in [-0.39, 0.29) is 109 Å². The summed E-state index contributed by atoms with van der Waals surface area (Å²) in [5.74, 6) is 17.4. The first-order valence-electron chi connectivity index (χ1n) is 39.6. The monoisotopic (exact) mass is 1500 g/mol. The van der Waals surface area contributed by atoms with Gasteiger partial charge >= 0.3 is 24.4 Å². The van der Waals surface area contributed by atoms with Crippen molar-refractivity contribution in [3.05, 3.63) is 119 Å². The first-order chi connectivity index (χ1) is 52.0. The molecule has 3 aliphatic heterocycles. The molecule has 4 saturated carbocycles. The maximum Gasteiger partial charge on any atom is 0.373 e. The molecule has 0 radical (unpaired) electrons. The van der Waals surface area contributed by atoms with Gasteiger partial charge in [0, 0.05) is 92.4 Å². The molecule has 20 nitrogen and oxygen atoms in total. The molecule has 6 fully saturated rings. The van der Waals surface area contributed by atoms with Crippen molar-refractivity contribution in [1.29, 1.82) is 0 Å². The minimum absolute atomic E-state index is 0.0287. The van der Waals surface area contributed by atoms with E-state index in [1.807, 2.05) is 69.4 Å². The van der Waals surface area contributed by atoms with E-state index >= 15 is 0 Å². The largest absolute Gasteiger partial charge is 0.496 e. The Hall–Kier alpha value is -7.25. The van der Waals surface area contributed by atoms with Crippen molar-refractivity contribution in [2.75, 3.05) is 7.11 Å². The number of rotatable bonds is 30. The smallest absolute Gasteiger partial charge is 0.373 e. The number of hydrogen-bond donors (Lipinski definition) is 9. The van der Waals surface area contributed by atoms with Crippen LogP contribution in [0.4, 0.5) is 0 Å². The predicted molar refractivity (Wildman–Crippen MR) is 408 cm³/mol. The molecular formula is C88H126O20. The second kappa shape index (κ2) is 51.3. The first kappa shape index (κ1) is 93.1. The van der Waals surface area contributed by atoms with Crippen LogP contribution in [0.2, 0.25) is 0 Å². The summed E-state index contributed by atoms with van der Waals surface area (Å²) < 4.78 is 23.7. The molecule has 22 atom stereocenters. The van der Waals surface area contributed by atoms with Gasteiger partial charge in [-0.25, -0.2) is 0 Å². The number of aryl methyl sites for hydroxylation is 1. The van der Waals surface area contributed by atoms with Crippen molar-refractivity contribution in [3.8, 4) is 35.2 Å². The van der Waals surface area contributed by atoms with Crippen LogP contribution in [0.1, 0.15) is 238 Å². The minimum Gasteiger partial charge on any atom is -0.496 e. The third-order valence-electron chi connectivity index (χ3n) is 22.5. The molecule has 0 spiro atoms. The van der Waals surface area contributed by atoms with Gasteiger partial charge in [-0.1, -0.05) is 160 Å². The normalized spacial score (nSPS) is 28.4. The number of methoxy groups -OCH3 is 1. The number of carboxylic acid groups (broad SMARTS) is 1. The molecular weight excluding hydrogens is 1380 g/mol. The molecule has 8 aliphatic rings.